The smallest absolute Gasteiger partial charge is 0.313 e. The van der Waals surface area contributed by atoms with Crippen molar-refractivity contribution in [1.82, 2.24) is 0 Å². The molecule has 0 saturated heterocycles. The summed E-state index contributed by atoms with van der Waals surface area (Å²) in [6.45, 7) is 7.89. The number of rotatable bonds is 6. The number of hydrogen-bond acceptors (Lipinski definition) is 3. The molecule has 0 unspecified atom stereocenters. The molecule has 112 valence electrons. The zero-order chi connectivity index (χ0) is 15.2. The monoisotopic (exact) mass is 278 g/mol. The lowest BCUT2D eigenvalue weighted by Gasteiger charge is -2.22. The lowest BCUT2D eigenvalue weighted by Crippen LogP contribution is -2.26. The Labute approximate surface area is 122 Å². The van der Waals surface area contributed by atoms with E-state index in [-0.39, 0.29) is 12.2 Å². The molecule has 0 aliphatic heterocycles. The van der Waals surface area contributed by atoms with Crippen LogP contribution < -0.4 is 0 Å². The number of allylic oxidation sites excluding steroid dienone is 3. The van der Waals surface area contributed by atoms with Crippen LogP contribution in [-0.4, -0.2) is 18.9 Å². The van der Waals surface area contributed by atoms with Crippen LogP contribution in [0.3, 0.4) is 0 Å². The summed E-state index contributed by atoms with van der Waals surface area (Å²) in [6, 6.07) is 0. The minimum absolute atomic E-state index is 0.0507. The molecular formula is C17H26O3. The molecule has 1 fully saturated rings. The fourth-order valence-corrected chi connectivity index (χ4v) is 2.43. The van der Waals surface area contributed by atoms with Crippen molar-refractivity contribution in [3.63, 3.8) is 0 Å². The van der Waals surface area contributed by atoms with Crippen LogP contribution in [0.1, 0.15) is 58.8 Å². The molecule has 0 spiro atoms. The van der Waals surface area contributed by atoms with Gasteiger partial charge in [0.1, 0.15) is 12.2 Å². The van der Waals surface area contributed by atoms with Gasteiger partial charge in [-0.05, 0) is 44.1 Å². The van der Waals surface area contributed by atoms with Crippen molar-refractivity contribution < 1.29 is 14.3 Å². The van der Waals surface area contributed by atoms with Crippen molar-refractivity contribution in [2.75, 3.05) is 7.11 Å². The fourth-order valence-electron chi connectivity index (χ4n) is 2.43. The van der Waals surface area contributed by atoms with Crippen LogP contribution in [-0.2, 0) is 14.3 Å². The largest absolute Gasteiger partial charge is 0.469 e. The van der Waals surface area contributed by atoms with Crippen LogP contribution in [0.4, 0.5) is 0 Å². The Hall–Kier alpha value is -1.38. The predicted molar refractivity (Wildman–Crippen MR) is 80.3 cm³/mol. The van der Waals surface area contributed by atoms with E-state index >= 15 is 0 Å². The summed E-state index contributed by atoms with van der Waals surface area (Å²) >= 11 is 0. The molecule has 0 amide bonds. The van der Waals surface area contributed by atoms with Gasteiger partial charge in [0.2, 0.25) is 0 Å². The number of ketones is 1. The van der Waals surface area contributed by atoms with Gasteiger partial charge in [-0.3, -0.25) is 9.59 Å². The molecule has 0 radical (unpaired) electrons. The Morgan fingerprint density at radius 2 is 1.95 bits per heavy atom. The van der Waals surface area contributed by atoms with Gasteiger partial charge in [0.25, 0.3) is 0 Å². The van der Waals surface area contributed by atoms with Crippen LogP contribution in [0.2, 0.25) is 0 Å². The quantitative estimate of drug-likeness (QED) is 0.545. The summed E-state index contributed by atoms with van der Waals surface area (Å²) in [5, 5.41) is 0. The highest BCUT2D eigenvalue weighted by Crippen LogP contribution is 2.30. The molecule has 0 atom stereocenters. The third kappa shape index (κ3) is 4.95. The Balaban J connectivity index is 2.50. The van der Waals surface area contributed by atoms with Gasteiger partial charge in [0, 0.05) is 5.41 Å². The zero-order valence-corrected chi connectivity index (χ0v) is 13.0. The molecule has 0 heterocycles. The SMILES string of the molecule is C=C1CCCC/C1=C/CCC(C)(C)C(=O)CC(=O)OC. The average molecular weight is 278 g/mol. The van der Waals surface area contributed by atoms with Gasteiger partial charge in [-0.25, -0.2) is 0 Å². The van der Waals surface area contributed by atoms with Gasteiger partial charge in [0.15, 0.2) is 0 Å². The molecule has 3 heteroatoms. The first-order valence-corrected chi connectivity index (χ1v) is 7.34. The summed E-state index contributed by atoms with van der Waals surface area (Å²) < 4.78 is 4.55. The van der Waals surface area contributed by atoms with E-state index in [0.29, 0.717) is 0 Å². The van der Waals surface area contributed by atoms with Crippen molar-refractivity contribution in [3.05, 3.63) is 23.8 Å². The molecule has 1 aliphatic rings. The van der Waals surface area contributed by atoms with E-state index in [2.05, 4.69) is 17.4 Å². The van der Waals surface area contributed by atoms with Crippen LogP contribution >= 0.6 is 0 Å². The van der Waals surface area contributed by atoms with Gasteiger partial charge < -0.3 is 4.74 Å². The minimum atomic E-state index is -0.485. The van der Waals surface area contributed by atoms with E-state index in [9.17, 15) is 9.59 Å². The van der Waals surface area contributed by atoms with Crippen LogP contribution in [0, 0.1) is 5.41 Å². The first kappa shape index (κ1) is 16.7. The van der Waals surface area contributed by atoms with Gasteiger partial charge in [0.05, 0.1) is 7.11 Å². The minimum Gasteiger partial charge on any atom is -0.469 e. The van der Waals surface area contributed by atoms with Gasteiger partial charge in [-0.1, -0.05) is 32.1 Å². The highest BCUT2D eigenvalue weighted by Gasteiger charge is 2.28. The summed E-state index contributed by atoms with van der Waals surface area (Å²) in [5.74, 6) is -0.507. The fraction of sp³-hybridized carbons (Fsp3) is 0.647. The Kier molecular flexibility index (Phi) is 6.18. The third-order valence-electron chi connectivity index (χ3n) is 4.08. The first-order valence-electron chi connectivity index (χ1n) is 7.34. The molecule has 0 N–H and O–H groups in total. The molecule has 1 saturated carbocycles. The van der Waals surface area contributed by atoms with Crippen molar-refractivity contribution in [3.8, 4) is 0 Å². The molecule has 1 aliphatic carbocycles. The van der Waals surface area contributed by atoms with Crippen molar-refractivity contribution in [2.45, 2.75) is 58.8 Å². The number of methoxy groups -OCH3 is 1. The second-order valence-corrected chi connectivity index (χ2v) is 6.14. The lowest BCUT2D eigenvalue weighted by atomic mass is 9.81. The molecule has 0 aromatic rings. The second kappa shape index (κ2) is 7.41. The van der Waals surface area contributed by atoms with Crippen molar-refractivity contribution in [1.29, 1.82) is 0 Å². The average Bonchev–Trinajstić information content (AvgIpc) is 2.40. The standard InChI is InChI=1S/C17H26O3/c1-13-8-5-6-9-14(13)10-7-11-17(2,3)15(18)12-16(19)20-4/h10H,1,5-9,11-12H2,2-4H3/b14-10-. The van der Waals surface area contributed by atoms with E-state index < -0.39 is 11.4 Å². The highest BCUT2D eigenvalue weighted by molar-refractivity contribution is 5.98. The normalized spacial score (nSPS) is 18.1. The molecule has 20 heavy (non-hydrogen) atoms. The number of ether oxygens (including phenoxy) is 1. The molecule has 1 rings (SSSR count). The maximum absolute atomic E-state index is 12.0. The maximum Gasteiger partial charge on any atom is 0.313 e. The van der Waals surface area contributed by atoms with Gasteiger partial charge >= 0.3 is 5.97 Å². The Morgan fingerprint density at radius 1 is 1.30 bits per heavy atom. The van der Waals surface area contributed by atoms with E-state index in [1.807, 2.05) is 13.8 Å². The molecule has 0 aromatic carbocycles. The third-order valence-corrected chi connectivity index (χ3v) is 4.08. The van der Waals surface area contributed by atoms with E-state index in [1.54, 1.807) is 0 Å². The lowest BCUT2D eigenvalue weighted by molar-refractivity contribution is -0.145. The van der Waals surface area contributed by atoms with E-state index in [1.165, 1.54) is 31.1 Å². The van der Waals surface area contributed by atoms with Crippen LogP contribution in [0.15, 0.2) is 23.8 Å². The number of carbonyl (C=O) groups excluding carboxylic acids is 2. The van der Waals surface area contributed by atoms with Gasteiger partial charge in [-0.2, -0.15) is 0 Å². The second-order valence-electron chi connectivity index (χ2n) is 6.14. The summed E-state index contributed by atoms with van der Waals surface area (Å²) in [5.41, 5.74) is 2.11. The molecule has 0 aromatic heterocycles. The van der Waals surface area contributed by atoms with Gasteiger partial charge in [-0.15, -0.1) is 0 Å². The Bertz CT molecular complexity index is 416. The molecule has 0 bridgehead atoms. The van der Waals surface area contributed by atoms with Crippen LogP contribution in [0.5, 0.6) is 0 Å². The summed E-state index contributed by atoms with van der Waals surface area (Å²) in [7, 11) is 1.31. The first-order chi connectivity index (χ1) is 9.36. The van der Waals surface area contributed by atoms with Crippen LogP contribution in [0.25, 0.3) is 0 Å². The molecule has 3 nitrogen and oxygen atoms in total. The highest BCUT2D eigenvalue weighted by atomic mass is 16.5. The van der Waals surface area contributed by atoms with Crippen molar-refractivity contribution in [2.24, 2.45) is 5.41 Å². The zero-order valence-electron chi connectivity index (χ0n) is 13.0. The van der Waals surface area contributed by atoms with E-state index in [0.717, 1.165) is 25.7 Å². The summed E-state index contributed by atoms with van der Waals surface area (Å²) in [4.78, 5) is 23.2. The number of hydrogen-bond donors (Lipinski definition) is 0. The molecular weight excluding hydrogens is 252 g/mol. The summed E-state index contributed by atoms with van der Waals surface area (Å²) in [6.07, 6.45) is 8.36. The maximum atomic E-state index is 12.0. The Morgan fingerprint density at radius 3 is 2.55 bits per heavy atom. The predicted octanol–water partition coefficient (Wildman–Crippen LogP) is 3.98. The number of Topliss-reactive ketones (excluding diaryl/α,β-unsaturated/α-hetero) is 1. The topological polar surface area (TPSA) is 43.4 Å². The van der Waals surface area contributed by atoms with E-state index in [4.69, 9.17) is 0 Å². The number of carbonyl (C=O) groups is 2. The van der Waals surface area contributed by atoms with Crippen molar-refractivity contribution >= 4 is 11.8 Å². The number of esters is 1.